The molecule has 1 aromatic carbocycles. The number of nitrogens with two attached hydrogens (primary N) is 1. The number of nitrogens with zero attached hydrogens (tertiary/aromatic N) is 2. The van der Waals surface area contributed by atoms with Crippen molar-refractivity contribution in [1.29, 1.82) is 0 Å². The smallest absolute Gasteiger partial charge is 0.243 e. The van der Waals surface area contributed by atoms with Crippen LogP contribution >= 0.6 is 0 Å². The molecule has 1 saturated heterocycles. The van der Waals surface area contributed by atoms with Gasteiger partial charge in [-0.05, 0) is 57.5 Å². The van der Waals surface area contributed by atoms with E-state index in [-0.39, 0.29) is 0 Å². The van der Waals surface area contributed by atoms with E-state index < -0.39 is 10.0 Å². The Bertz CT molecular complexity index is 591. The van der Waals surface area contributed by atoms with Gasteiger partial charge in [0.1, 0.15) is 0 Å². The Kier molecular flexibility index (Phi) is 4.91. The Hall–Kier alpha value is -1.11. The van der Waals surface area contributed by atoms with Crippen molar-refractivity contribution >= 4 is 15.7 Å². The molecular formula is C15H25N3O2S. The molecule has 0 aliphatic carbocycles. The minimum Gasteiger partial charge on any atom is -0.398 e. The number of benzene rings is 1. The number of hydrogen-bond donors (Lipinski definition) is 1. The molecule has 1 fully saturated rings. The predicted molar refractivity (Wildman–Crippen MR) is 85.6 cm³/mol. The van der Waals surface area contributed by atoms with Crippen LogP contribution < -0.4 is 5.73 Å². The van der Waals surface area contributed by atoms with Crippen molar-refractivity contribution in [1.82, 2.24) is 9.21 Å². The number of sulfonamides is 1. The Morgan fingerprint density at radius 3 is 2.43 bits per heavy atom. The van der Waals surface area contributed by atoms with Gasteiger partial charge in [-0.15, -0.1) is 0 Å². The van der Waals surface area contributed by atoms with Crippen LogP contribution in [0.4, 0.5) is 5.69 Å². The summed E-state index contributed by atoms with van der Waals surface area (Å²) < 4.78 is 26.9. The van der Waals surface area contributed by atoms with Crippen LogP contribution in [0.3, 0.4) is 0 Å². The molecule has 0 atom stereocenters. The third-order valence-corrected chi connectivity index (χ3v) is 5.98. The van der Waals surface area contributed by atoms with Crippen molar-refractivity contribution in [2.24, 2.45) is 5.92 Å². The van der Waals surface area contributed by atoms with E-state index in [1.54, 1.807) is 22.5 Å². The molecule has 21 heavy (non-hydrogen) atoms. The molecule has 1 aliphatic rings. The molecular weight excluding hydrogens is 286 g/mol. The Morgan fingerprint density at radius 2 is 1.90 bits per heavy atom. The molecule has 1 heterocycles. The fourth-order valence-electron chi connectivity index (χ4n) is 2.78. The third-order valence-electron chi connectivity index (χ3n) is 4.09. The SMILES string of the molecule is Cc1ccc(S(=O)(=O)N2CCC(CN(C)C)CC2)cc1N. The fourth-order valence-corrected chi connectivity index (χ4v) is 4.28. The third kappa shape index (κ3) is 3.75. The zero-order valence-corrected chi connectivity index (χ0v) is 13.9. The summed E-state index contributed by atoms with van der Waals surface area (Å²) in [5.41, 5.74) is 7.26. The van der Waals surface area contributed by atoms with Crippen LogP contribution in [0, 0.1) is 12.8 Å². The van der Waals surface area contributed by atoms with Gasteiger partial charge in [0, 0.05) is 25.3 Å². The van der Waals surface area contributed by atoms with Crippen LogP contribution in [0.5, 0.6) is 0 Å². The summed E-state index contributed by atoms with van der Waals surface area (Å²) >= 11 is 0. The van der Waals surface area contributed by atoms with Gasteiger partial charge in [0.2, 0.25) is 10.0 Å². The summed E-state index contributed by atoms with van der Waals surface area (Å²) in [6, 6.07) is 4.98. The van der Waals surface area contributed by atoms with Crippen molar-refractivity contribution < 1.29 is 8.42 Å². The first-order chi connectivity index (χ1) is 9.80. The number of rotatable bonds is 4. The number of anilines is 1. The second-order valence-electron chi connectivity index (χ2n) is 6.13. The lowest BCUT2D eigenvalue weighted by Gasteiger charge is -2.32. The standard InChI is InChI=1S/C15H25N3O2S/c1-12-4-5-14(10-15(12)16)21(19,20)18-8-6-13(7-9-18)11-17(2)3/h4-5,10,13H,6-9,11,16H2,1-3H3. The molecule has 0 radical (unpaired) electrons. The van der Waals surface area contributed by atoms with Gasteiger partial charge in [-0.3, -0.25) is 0 Å². The molecule has 0 amide bonds. The maximum atomic E-state index is 12.6. The fraction of sp³-hybridized carbons (Fsp3) is 0.600. The number of piperidine rings is 1. The van der Waals surface area contributed by atoms with Gasteiger partial charge in [-0.1, -0.05) is 6.07 Å². The number of hydrogen-bond acceptors (Lipinski definition) is 4. The largest absolute Gasteiger partial charge is 0.398 e. The molecule has 2 rings (SSSR count). The summed E-state index contributed by atoms with van der Waals surface area (Å²) in [6.45, 7) is 4.08. The van der Waals surface area contributed by atoms with Gasteiger partial charge >= 0.3 is 0 Å². The molecule has 0 bridgehead atoms. The molecule has 0 spiro atoms. The Labute approximate surface area is 127 Å². The molecule has 118 valence electrons. The first-order valence-corrected chi connectivity index (χ1v) is 8.75. The van der Waals surface area contributed by atoms with Crippen molar-refractivity contribution in [2.45, 2.75) is 24.7 Å². The highest BCUT2D eigenvalue weighted by Gasteiger charge is 2.29. The lowest BCUT2D eigenvalue weighted by Crippen LogP contribution is -2.40. The number of aryl methyl sites for hydroxylation is 1. The molecule has 5 nitrogen and oxygen atoms in total. The summed E-state index contributed by atoms with van der Waals surface area (Å²) in [7, 11) is 0.694. The second kappa shape index (κ2) is 6.34. The first kappa shape index (κ1) is 16.3. The minimum atomic E-state index is -3.41. The van der Waals surface area contributed by atoms with Crippen LogP contribution in [0.15, 0.2) is 23.1 Å². The zero-order chi connectivity index (χ0) is 15.6. The highest BCUT2D eigenvalue weighted by molar-refractivity contribution is 7.89. The molecule has 0 aromatic heterocycles. The lowest BCUT2D eigenvalue weighted by atomic mass is 9.98. The summed E-state index contributed by atoms with van der Waals surface area (Å²) in [5.74, 6) is 0.578. The molecule has 6 heteroatoms. The maximum Gasteiger partial charge on any atom is 0.243 e. The molecule has 2 N–H and O–H groups in total. The van der Waals surface area contributed by atoms with Crippen LogP contribution in [0.25, 0.3) is 0 Å². The monoisotopic (exact) mass is 311 g/mol. The summed E-state index contributed by atoms with van der Waals surface area (Å²) in [6.07, 6.45) is 1.83. The highest BCUT2D eigenvalue weighted by Crippen LogP contribution is 2.25. The summed E-state index contributed by atoms with van der Waals surface area (Å²) in [4.78, 5) is 2.46. The van der Waals surface area contributed by atoms with E-state index in [0.717, 1.165) is 24.9 Å². The van der Waals surface area contributed by atoms with Crippen molar-refractivity contribution in [3.8, 4) is 0 Å². The molecule has 0 unspecified atom stereocenters. The van der Waals surface area contributed by atoms with Crippen LogP contribution in [0.2, 0.25) is 0 Å². The average Bonchev–Trinajstić information content (AvgIpc) is 2.41. The van der Waals surface area contributed by atoms with E-state index >= 15 is 0 Å². The van der Waals surface area contributed by atoms with E-state index in [9.17, 15) is 8.42 Å². The Morgan fingerprint density at radius 1 is 1.29 bits per heavy atom. The van der Waals surface area contributed by atoms with Crippen molar-refractivity contribution in [3.63, 3.8) is 0 Å². The normalized spacial score (nSPS) is 18.3. The highest BCUT2D eigenvalue weighted by atomic mass is 32.2. The minimum absolute atomic E-state index is 0.302. The van der Waals surface area contributed by atoms with Gasteiger partial charge in [0.05, 0.1) is 4.90 Å². The molecule has 0 saturated carbocycles. The summed E-state index contributed by atoms with van der Waals surface area (Å²) in [5, 5.41) is 0. The van der Waals surface area contributed by atoms with Gasteiger partial charge in [0.15, 0.2) is 0 Å². The first-order valence-electron chi connectivity index (χ1n) is 7.31. The zero-order valence-electron chi connectivity index (χ0n) is 13.0. The molecule has 1 aromatic rings. The lowest BCUT2D eigenvalue weighted by molar-refractivity contribution is 0.225. The maximum absolute atomic E-state index is 12.6. The number of nitrogen functional groups attached to an aromatic ring is 1. The average molecular weight is 311 g/mol. The van der Waals surface area contributed by atoms with Gasteiger partial charge in [-0.2, -0.15) is 4.31 Å². The van der Waals surface area contributed by atoms with Crippen LogP contribution in [0.1, 0.15) is 18.4 Å². The molecule has 1 aliphatic heterocycles. The Balaban J connectivity index is 2.09. The van der Waals surface area contributed by atoms with Crippen LogP contribution in [-0.2, 0) is 10.0 Å². The van der Waals surface area contributed by atoms with E-state index in [2.05, 4.69) is 19.0 Å². The quantitative estimate of drug-likeness (QED) is 0.857. The van der Waals surface area contributed by atoms with Crippen molar-refractivity contribution in [2.75, 3.05) is 39.5 Å². The van der Waals surface area contributed by atoms with E-state index in [1.807, 2.05) is 6.92 Å². The van der Waals surface area contributed by atoms with E-state index in [0.29, 0.717) is 29.6 Å². The van der Waals surface area contributed by atoms with Gasteiger partial charge < -0.3 is 10.6 Å². The predicted octanol–water partition coefficient (Wildman–Crippen LogP) is 1.54. The van der Waals surface area contributed by atoms with Gasteiger partial charge in [0.25, 0.3) is 0 Å². The van der Waals surface area contributed by atoms with Crippen molar-refractivity contribution in [3.05, 3.63) is 23.8 Å². The van der Waals surface area contributed by atoms with E-state index in [1.165, 1.54) is 0 Å². The second-order valence-corrected chi connectivity index (χ2v) is 8.07. The van der Waals surface area contributed by atoms with E-state index in [4.69, 9.17) is 5.73 Å². The topological polar surface area (TPSA) is 66.6 Å². The van der Waals surface area contributed by atoms with Crippen LogP contribution in [-0.4, -0.2) is 51.4 Å². The van der Waals surface area contributed by atoms with Gasteiger partial charge in [-0.25, -0.2) is 8.42 Å².